The van der Waals surface area contributed by atoms with Crippen LogP contribution < -0.4 is 21.2 Å². The van der Waals surface area contributed by atoms with E-state index in [4.69, 9.17) is 5.11 Å². The molecule has 1 N–H and O–H groups in total. The molecular weight excluding hydrogens is 191 g/mol. The Bertz CT molecular complexity index is 40.8. The van der Waals surface area contributed by atoms with Crippen molar-refractivity contribution in [2.45, 2.75) is 12.5 Å². The molecule has 38 valence electrons. The van der Waals surface area contributed by atoms with Crippen molar-refractivity contribution in [2.24, 2.45) is 0 Å². The molecule has 6 heavy (non-hydrogen) atoms. The molecule has 0 amide bonds. The molecular formula is C4H8IO-. The molecule has 1 aliphatic rings. The monoisotopic (exact) mass is 199 g/mol. The molecule has 1 atom stereocenters. The first-order valence-corrected chi connectivity index (χ1v) is 5.16. The Kier molecular flexibility index (Phi) is 1.71. The van der Waals surface area contributed by atoms with Crippen molar-refractivity contribution in [3.63, 3.8) is 0 Å². The Morgan fingerprint density at radius 2 is 2.50 bits per heavy atom. The van der Waals surface area contributed by atoms with Gasteiger partial charge in [-0.3, -0.25) is 0 Å². The predicted octanol–water partition coefficient (Wildman–Crippen LogP) is -3.16. The van der Waals surface area contributed by atoms with Crippen LogP contribution in [0.4, 0.5) is 0 Å². The fourth-order valence-electron chi connectivity index (χ4n) is 0.483. The van der Waals surface area contributed by atoms with E-state index in [0.29, 0.717) is 21.2 Å². The molecule has 1 nitrogen and oxygen atoms in total. The number of alkyl halides is 2. The molecule has 0 saturated carbocycles. The average molecular weight is 199 g/mol. The minimum atomic E-state index is 0.0952. The van der Waals surface area contributed by atoms with Crippen molar-refractivity contribution in [1.82, 2.24) is 0 Å². The minimum absolute atomic E-state index is 0.0952. The Morgan fingerprint density at radius 3 is 2.67 bits per heavy atom. The summed E-state index contributed by atoms with van der Waals surface area (Å²) in [6, 6.07) is 0. The van der Waals surface area contributed by atoms with Crippen molar-refractivity contribution in [3.05, 3.63) is 0 Å². The van der Waals surface area contributed by atoms with Crippen LogP contribution in [0.15, 0.2) is 0 Å². The van der Waals surface area contributed by atoms with E-state index in [0.717, 1.165) is 10.8 Å². The van der Waals surface area contributed by atoms with Gasteiger partial charge in [-0.1, -0.05) is 0 Å². The third-order valence-electron chi connectivity index (χ3n) is 0.863. The van der Waals surface area contributed by atoms with Crippen LogP contribution in [0.2, 0.25) is 0 Å². The van der Waals surface area contributed by atoms with Crippen LogP contribution in [0.1, 0.15) is 6.42 Å². The van der Waals surface area contributed by atoms with Crippen LogP contribution >= 0.6 is 0 Å². The van der Waals surface area contributed by atoms with E-state index >= 15 is 0 Å². The van der Waals surface area contributed by atoms with Gasteiger partial charge in [0.15, 0.2) is 0 Å². The third-order valence-corrected chi connectivity index (χ3v) is 3.89. The summed E-state index contributed by atoms with van der Waals surface area (Å²) in [6.07, 6.45) is 1.19. The molecule has 1 saturated heterocycles. The van der Waals surface area contributed by atoms with Crippen LogP contribution in [0.3, 0.4) is 0 Å². The van der Waals surface area contributed by atoms with Crippen LogP contribution in [-0.2, 0) is 0 Å². The van der Waals surface area contributed by atoms with Crippen molar-refractivity contribution in [2.75, 3.05) is 8.86 Å². The first kappa shape index (κ1) is 4.84. The summed E-state index contributed by atoms with van der Waals surface area (Å²) in [4.78, 5) is 0. The van der Waals surface area contributed by atoms with E-state index in [1.54, 1.807) is 0 Å². The molecule has 0 aliphatic carbocycles. The second kappa shape index (κ2) is 2.12. The van der Waals surface area contributed by atoms with Crippen molar-refractivity contribution < 1.29 is 26.3 Å². The van der Waals surface area contributed by atoms with E-state index in [2.05, 4.69) is 0 Å². The van der Waals surface area contributed by atoms with Gasteiger partial charge in [0.25, 0.3) is 0 Å². The summed E-state index contributed by atoms with van der Waals surface area (Å²) in [6.45, 7) is 0. The summed E-state index contributed by atoms with van der Waals surface area (Å²) < 4.78 is 2.50. The molecule has 0 aromatic carbocycles. The van der Waals surface area contributed by atoms with Gasteiger partial charge in [-0.2, -0.15) is 0 Å². The zero-order chi connectivity index (χ0) is 4.41. The summed E-state index contributed by atoms with van der Waals surface area (Å²) in [5.41, 5.74) is 0. The fourth-order valence-corrected chi connectivity index (χ4v) is 3.24. The molecule has 1 unspecified atom stereocenters. The molecule has 0 aromatic rings. The zero-order valence-electron chi connectivity index (χ0n) is 3.52. The quantitative estimate of drug-likeness (QED) is 0.322. The number of hydrogen-bond donors (Lipinski definition) is 1. The Labute approximate surface area is 48.0 Å². The SMILES string of the molecule is OC1CC[I-]C1. The second-order valence-corrected chi connectivity index (χ2v) is 4.51. The van der Waals surface area contributed by atoms with E-state index in [1.807, 2.05) is 0 Å². The van der Waals surface area contributed by atoms with Gasteiger partial charge in [0.05, 0.1) is 0 Å². The normalized spacial score (nSPS) is 35.8. The number of rotatable bonds is 0. The van der Waals surface area contributed by atoms with Crippen molar-refractivity contribution in [1.29, 1.82) is 0 Å². The molecule has 0 bridgehead atoms. The van der Waals surface area contributed by atoms with E-state index in [1.165, 1.54) is 4.43 Å². The number of halogens is 1. The Morgan fingerprint density at radius 1 is 1.67 bits per heavy atom. The number of hydrogen-bond acceptors (Lipinski definition) is 1. The molecule has 1 rings (SSSR count). The van der Waals surface area contributed by atoms with Crippen LogP contribution in [-0.4, -0.2) is 20.1 Å². The molecule has 2 heteroatoms. The Hall–Kier alpha value is 0.690. The maximum absolute atomic E-state index is 8.76. The van der Waals surface area contributed by atoms with E-state index < -0.39 is 0 Å². The first-order chi connectivity index (χ1) is 2.89. The van der Waals surface area contributed by atoms with E-state index in [-0.39, 0.29) is 6.10 Å². The van der Waals surface area contributed by atoms with Crippen LogP contribution in [0.25, 0.3) is 0 Å². The number of aliphatic hydroxyl groups is 1. The summed E-state index contributed by atoms with van der Waals surface area (Å²) in [7, 11) is 0. The van der Waals surface area contributed by atoms with Crippen molar-refractivity contribution in [3.8, 4) is 0 Å². The molecule has 1 aliphatic heterocycles. The topological polar surface area (TPSA) is 20.2 Å². The summed E-state index contributed by atoms with van der Waals surface area (Å²) >= 11 is 0.452. The average Bonchev–Trinajstić information content (AvgIpc) is 1.86. The number of aliphatic hydroxyl groups excluding tert-OH is 1. The molecule has 0 aromatic heterocycles. The van der Waals surface area contributed by atoms with Gasteiger partial charge in [0.1, 0.15) is 0 Å². The molecule has 1 heterocycles. The van der Waals surface area contributed by atoms with Gasteiger partial charge in [-0.25, -0.2) is 0 Å². The fraction of sp³-hybridized carbons (Fsp3) is 1.00. The zero-order valence-corrected chi connectivity index (χ0v) is 5.68. The molecule has 1 fully saturated rings. The summed E-state index contributed by atoms with van der Waals surface area (Å²) in [5, 5.41) is 8.76. The molecule has 0 radical (unpaired) electrons. The van der Waals surface area contributed by atoms with Gasteiger partial charge in [-0.15, -0.1) is 0 Å². The van der Waals surface area contributed by atoms with Crippen LogP contribution in [0, 0.1) is 0 Å². The van der Waals surface area contributed by atoms with Gasteiger partial charge in [-0.05, 0) is 0 Å². The summed E-state index contributed by atoms with van der Waals surface area (Å²) in [5.74, 6) is 0. The second-order valence-electron chi connectivity index (χ2n) is 1.47. The van der Waals surface area contributed by atoms with Crippen LogP contribution in [0.5, 0.6) is 0 Å². The van der Waals surface area contributed by atoms with Gasteiger partial charge in [0.2, 0.25) is 0 Å². The van der Waals surface area contributed by atoms with Crippen molar-refractivity contribution >= 4 is 0 Å². The predicted molar refractivity (Wildman–Crippen MR) is 20.4 cm³/mol. The first-order valence-electron chi connectivity index (χ1n) is 2.11. The standard InChI is InChI=1S/C4H8IO/c6-4-1-2-5-3-4/h4,6H,1-3H2/q-1. The van der Waals surface area contributed by atoms with Gasteiger partial charge >= 0.3 is 47.7 Å². The third kappa shape index (κ3) is 1.08. The van der Waals surface area contributed by atoms with Gasteiger partial charge in [0, 0.05) is 0 Å². The van der Waals surface area contributed by atoms with Gasteiger partial charge < -0.3 is 0 Å². The molecule has 0 spiro atoms. The Balaban J connectivity index is 2.18. The maximum atomic E-state index is 8.76. The van der Waals surface area contributed by atoms with E-state index in [9.17, 15) is 0 Å².